The maximum atomic E-state index is 12.0. The summed E-state index contributed by atoms with van der Waals surface area (Å²) in [7, 11) is 3.51. The van der Waals surface area contributed by atoms with Crippen molar-refractivity contribution in [1.82, 2.24) is 20.4 Å². The lowest BCUT2D eigenvalue weighted by molar-refractivity contribution is -0.127. The fraction of sp³-hybridized carbons (Fsp3) is 0.905. The zero-order valence-corrected chi connectivity index (χ0v) is 21.7. The molecule has 1 amide bonds. The molecule has 2 fully saturated rings. The molecule has 0 radical (unpaired) electrons. The van der Waals surface area contributed by atoms with Crippen LogP contribution in [0.2, 0.25) is 0 Å². The van der Waals surface area contributed by atoms with Crippen molar-refractivity contribution in [1.29, 1.82) is 0 Å². The highest BCUT2D eigenvalue weighted by molar-refractivity contribution is 14.0. The number of aliphatic imine (C=N–C) groups is 1. The third kappa shape index (κ3) is 9.65. The van der Waals surface area contributed by atoms with Crippen LogP contribution < -0.4 is 10.6 Å². The minimum atomic E-state index is -0.00662. The Labute approximate surface area is 199 Å². The number of nitrogens with one attached hydrogen (secondary N) is 2. The zero-order valence-electron chi connectivity index (χ0n) is 19.4. The number of hydrogen-bond donors (Lipinski definition) is 2. The van der Waals surface area contributed by atoms with Crippen LogP contribution in [0.1, 0.15) is 33.6 Å². The molecule has 0 aliphatic carbocycles. The molecule has 9 heteroatoms. The predicted octanol–water partition coefficient (Wildman–Crippen LogP) is 1.40. The molecular formula is C21H42IN5O3. The van der Waals surface area contributed by atoms with Crippen molar-refractivity contribution < 1.29 is 14.3 Å². The monoisotopic (exact) mass is 539 g/mol. The fourth-order valence-electron chi connectivity index (χ4n) is 3.86. The standard InChI is InChI=1S/C21H41N5O3.HI/c1-21(2,3)19-17(7-6-12-29-19)15-23-20(24-16-18(27)25(4)5)22-8-9-26-10-13-28-14-11-26;/h17,19H,6-16H2,1-5H3,(H2,22,23,24);1H. The third-order valence-corrected chi connectivity index (χ3v) is 5.53. The van der Waals surface area contributed by atoms with Gasteiger partial charge in [0.15, 0.2) is 5.96 Å². The summed E-state index contributed by atoms with van der Waals surface area (Å²) in [5.41, 5.74) is 0.106. The number of guanidine groups is 1. The molecule has 30 heavy (non-hydrogen) atoms. The normalized spacial score (nSPS) is 23.4. The van der Waals surface area contributed by atoms with Crippen LogP contribution in [0.4, 0.5) is 0 Å². The van der Waals surface area contributed by atoms with Gasteiger partial charge in [0.1, 0.15) is 6.54 Å². The summed E-state index contributed by atoms with van der Waals surface area (Å²) in [5.74, 6) is 1.12. The van der Waals surface area contributed by atoms with E-state index < -0.39 is 0 Å². The largest absolute Gasteiger partial charge is 0.379 e. The molecule has 2 aliphatic heterocycles. The van der Waals surface area contributed by atoms with Crippen LogP contribution in [-0.4, -0.2) is 101 Å². The molecule has 0 aromatic heterocycles. The first kappa shape index (κ1) is 27.4. The molecule has 2 unspecified atom stereocenters. The number of amides is 1. The van der Waals surface area contributed by atoms with Gasteiger partial charge in [0, 0.05) is 59.3 Å². The molecule has 2 aliphatic rings. The molecule has 2 saturated heterocycles. The quantitative estimate of drug-likeness (QED) is 0.290. The lowest BCUT2D eigenvalue weighted by Crippen LogP contribution is -2.49. The first-order valence-corrected chi connectivity index (χ1v) is 10.9. The molecule has 0 spiro atoms. The van der Waals surface area contributed by atoms with E-state index >= 15 is 0 Å². The van der Waals surface area contributed by atoms with Gasteiger partial charge >= 0.3 is 0 Å². The second-order valence-electron chi connectivity index (χ2n) is 9.27. The van der Waals surface area contributed by atoms with Gasteiger partial charge in [0.2, 0.25) is 5.91 Å². The highest BCUT2D eigenvalue weighted by atomic mass is 127. The number of carbonyl (C=O) groups excluding carboxylic acids is 1. The van der Waals surface area contributed by atoms with Crippen molar-refractivity contribution in [3.05, 3.63) is 0 Å². The Morgan fingerprint density at radius 1 is 1.17 bits per heavy atom. The topological polar surface area (TPSA) is 78.4 Å². The highest BCUT2D eigenvalue weighted by Gasteiger charge is 2.35. The van der Waals surface area contributed by atoms with E-state index in [-0.39, 0.29) is 47.9 Å². The molecule has 2 rings (SSSR count). The number of nitrogens with zero attached hydrogens (tertiary/aromatic N) is 3. The summed E-state index contributed by atoms with van der Waals surface area (Å²) in [6.07, 6.45) is 2.46. The molecule has 176 valence electrons. The average Bonchev–Trinajstić information content (AvgIpc) is 2.69. The van der Waals surface area contributed by atoms with Crippen LogP contribution in [-0.2, 0) is 14.3 Å². The number of morpholine rings is 1. The van der Waals surface area contributed by atoms with Crippen molar-refractivity contribution in [2.75, 3.05) is 73.2 Å². The Bertz CT molecular complexity index is 533. The third-order valence-electron chi connectivity index (χ3n) is 5.53. The molecule has 0 bridgehead atoms. The SMILES string of the molecule is CN(C)C(=O)CN=C(NCCN1CCOCC1)NCC1CCCOC1C(C)(C)C.I. The molecule has 8 nitrogen and oxygen atoms in total. The van der Waals surface area contributed by atoms with E-state index in [9.17, 15) is 4.79 Å². The molecular weight excluding hydrogens is 497 g/mol. The van der Waals surface area contributed by atoms with Crippen molar-refractivity contribution in [3.63, 3.8) is 0 Å². The van der Waals surface area contributed by atoms with Gasteiger partial charge in [-0.1, -0.05) is 20.8 Å². The van der Waals surface area contributed by atoms with E-state index in [0.717, 1.165) is 65.4 Å². The second-order valence-corrected chi connectivity index (χ2v) is 9.27. The predicted molar refractivity (Wildman–Crippen MR) is 132 cm³/mol. The Hall–Kier alpha value is -0.650. The van der Waals surface area contributed by atoms with E-state index in [2.05, 4.69) is 41.3 Å². The molecule has 0 saturated carbocycles. The lowest BCUT2D eigenvalue weighted by atomic mass is 9.78. The fourth-order valence-corrected chi connectivity index (χ4v) is 3.86. The first-order chi connectivity index (χ1) is 13.8. The van der Waals surface area contributed by atoms with Crippen LogP contribution in [0.5, 0.6) is 0 Å². The number of halogens is 1. The summed E-state index contributed by atoms with van der Waals surface area (Å²) >= 11 is 0. The van der Waals surface area contributed by atoms with Crippen molar-refractivity contribution >= 4 is 35.8 Å². The molecule has 2 heterocycles. The minimum Gasteiger partial charge on any atom is -0.379 e. The second kappa shape index (κ2) is 13.7. The molecule has 2 atom stereocenters. The number of rotatable bonds is 7. The van der Waals surface area contributed by atoms with Gasteiger partial charge in [0.25, 0.3) is 0 Å². The van der Waals surface area contributed by atoms with Gasteiger partial charge < -0.3 is 25.0 Å². The number of carbonyl (C=O) groups is 1. The minimum absolute atomic E-state index is 0. The van der Waals surface area contributed by atoms with E-state index in [1.54, 1.807) is 19.0 Å². The highest BCUT2D eigenvalue weighted by Crippen LogP contribution is 2.33. The van der Waals surface area contributed by atoms with E-state index in [0.29, 0.717) is 11.9 Å². The Morgan fingerprint density at radius 3 is 2.50 bits per heavy atom. The van der Waals surface area contributed by atoms with Crippen LogP contribution in [0, 0.1) is 11.3 Å². The van der Waals surface area contributed by atoms with Gasteiger partial charge in [-0.3, -0.25) is 9.69 Å². The Balaban J connectivity index is 0.00000450. The summed E-state index contributed by atoms with van der Waals surface area (Å²) in [5, 5.41) is 6.87. The number of likely N-dealkylation sites (N-methyl/N-ethyl adjacent to an activating group) is 1. The van der Waals surface area contributed by atoms with Gasteiger partial charge in [-0.2, -0.15) is 0 Å². The molecule has 0 aromatic carbocycles. The smallest absolute Gasteiger partial charge is 0.243 e. The number of ether oxygens (including phenoxy) is 2. The van der Waals surface area contributed by atoms with Gasteiger partial charge in [-0.05, 0) is 18.3 Å². The number of hydrogen-bond acceptors (Lipinski definition) is 5. The zero-order chi connectivity index (χ0) is 21.3. The maximum Gasteiger partial charge on any atom is 0.243 e. The maximum absolute atomic E-state index is 12.0. The van der Waals surface area contributed by atoms with Gasteiger partial charge in [-0.15, -0.1) is 24.0 Å². The first-order valence-electron chi connectivity index (χ1n) is 10.9. The van der Waals surface area contributed by atoms with Crippen LogP contribution in [0.3, 0.4) is 0 Å². The van der Waals surface area contributed by atoms with Crippen LogP contribution >= 0.6 is 24.0 Å². The van der Waals surface area contributed by atoms with Crippen molar-refractivity contribution in [2.45, 2.75) is 39.7 Å². The summed E-state index contributed by atoms with van der Waals surface area (Å²) in [4.78, 5) is 20.4. The molecule has 2 N–H and O–H groups in total. The van der Waals surface area contributed by atoms with E-state index in [4.69, 9.17) is 9.47 Å². The Morgan fingerprint density at radius 2 is 1.87 bits per heavy atom. The Kier molecular flexibility index (Phi) is 12.5. The summed E-state index contributed by atoms with van der Waals surface area (Å²) < 4.78 is 11.5. The average molecular weight is 540 g/mol. The van der Waals surface area contributed by atoms with Gasteiger partial charge in [0.05, 0.1) is 19.3 Å². The van der Waals surface area contributed by atoms with Crippen LogP contribution in [0.15, 0.2) is 4.99 Å². The lowest BCUT2D eigenvalue weighted by Gasteiger charge is -2.40. The summed E-state index contributed by atoms with van der Waals surface area (Å²) in [6.45, 7) is 13.7. The van der Waals surface area contributed by atoms with E-state index in [1.807, 2.05) is 0 Å². The van der Waals surface area contributed by atoms with E-state index in [1.165, 1.54) is 0 Å². The van der Waals surface area contributed by atoms with Crippen LogP contribution in [0.25, 0.3) is 0 Å². The van der Waals surface area contributed by atoms with Crippen molar-refractivity contribution in [3.8, 4) is 0 Å². The molecule has 0 aromatic rings. The van der Waals surface area contributed by atoms with Crippen molar-refractivity contribution in [2.24, 2.45) is 16.3 Å². The summed E-state index contributed by atoms with van der Waals surface area (Å²) in [6, 6.07) is 0. The van der Waals surface area contributed by atoms with Gasteiger partial charge in [-0.25, -0.2) is 4.99 Å².